The maximum Gasteiger partial charge on any atom is 0.410 e. The molecule has 1 fully saturated rings. The Hall–Kier alpha value is -1.62. The summed E-state index contributed by atoms with van der Waals surface area (Å²) in [7, 11) is 0. The summed E-state index contributed by atoms with van der Waals surface area (Å²) in [5.41, 5.74) is -0.733. The van der Waals surface area contributed by atoms with Crippen molar-refractivity contribution in [1.82, 2.24) is 4.90 Å². The molecule has 1 saturated heterocycles. The number of hydrogen-bond acceptors (Lipinski definition) is 3. The number of alkyl halides is 1. The summed E-state index contributed by atoms with van der Waals surface area (Å²) in [4.78, 5) is 13.6. The molecule has 0 spiro atoms. The molecule has 0 radical (unpaired) electrons. The molecular weight excluding hydrogens is 273 g/mol. The van der Waals surface area contributed by atoms with Crippen molar-refractivity contribution < 1.29 is 19.0 Å². The lowest BCUT2D eigenvalue weighted by Crippen LogP contribution is -2.47. The minimum Gasteiger partial charge on any atom is -0.445 e. The normalized spacial score (nSPS) is 21.7. The van der Waals surface area contributed by atoms with Crippen LogP contribution in [-0.2, 0) is 11.3 Å². The molecule has 4 nitrogen and oxygen atoms in total. The molecular formula is C16H22FNO3. The van der Waals surface area contributed by atoms with Gasteiger partial charge in [-0.05, 0) is 25.3 Å². The van der Waals surface area contributed by atoms with Crippen LogP contribution in [0.4, 0.5) is 9.18 Å². The Morgan fingerprint density at radius 2 is 2.19 bits per heavy atom. The molecule has 116 valence electrons. The van der Waals surface area contributed by atoms with Crippen LogP contribution >= 0.6 is 0 Å². The van der Waals surface area contributed by atoms with E-state index in [0.29, 0.717) is 19.5 Å². The summed E-state index contributed by atoms with van der Waals surface area (Å²) < 4.78 is 19.4. The second-order valence-corrected chi connectivity index (χ2v) is 5.76. The summed E-state index contributed by atoms with van der Waals surface area (Å²) in [6.45, 7) is 1.95. The Morgan fingerprint density at radius 3 is 2.86 bits per heavy atom. The molecule has 0 saturated carbocycles. The van der Waals surface area contributed by atoms with Crippen LogP contribution in [-0.4, -0.2) is 41.5 Å². The number of nitrogens with zero attached hydrogens (tertiary/aromatic N) is 1. The molecule has 0 bridgehead atoms. The summed E-state index contributed by atoms with van der Waals surface area (Å²) >= 11 is 0. The van der Waals surface area contributed by atoms with Crippen molar-refractivity contribution in [3.63, 3.8) is 0 Å². The highest BCUT2D eigenvalue weighted by molar-refractivity contribution is 5.67. The van der Waals surface area contributed by atoms with Crippen LogP contribution in [0.2, 0.25) is 0 Å². The average molecular weight is 295 g/mol. The number of carbonyl (C=O) groups is 1. The fraction of sp³-hybridized carbons (Fsp3) is 0.562. The zero-order valence-corrected chi connectivity index (χ0v) is 12.3. The van der Waals surface area contributed by atoms with Crippen LogP contribution in [0.5, 0.6) is 0 Å². The van der Waals surface area contributed by atoms with Crippen molar-refractivity contribution >= 4 is 6.09 Å². The minimum atomic E-state index is -1.65. The summed E-state index contributed by atoms with van der Waals surface area (Å²) in [5, 5.41) is 9.11. The van der Waals surface area contributed by atoms with E-state index in [2.05, 4.69) is 0 Å². The molecule has 1 N–H and O–H groups in total. The molecule has 2 atom stereocenters. The lowest BCUT2D eigenvalue weighted by molar-refractivity contribution is -0.00567. The van der Waals surface area contributed by atoms with Crippen molar-refractivity contribution in [3.8, 4) is 0 Å². The van der Waals surface area contributed by atoms with Crippen LogP contribution in [0, 0.1) is 5.92 Å². The van der Waals surface area contributed by atoms with E-state index in [-0.39, 0.29) is 12.5 Å². The number of ether oxygens (including phenoxy) is 1. The highest BCUT2D eigenvalue weighted by Crippen LogP contribution is 2.30. The zero-order valence-electron chi connectivity index (χ0n) is 12.3. The molecule has 1 aliphatic rings. The SMILES string of the molecule is C[C@](F)(CO)[C@H]1CCCN(C(=O)OCc2ccccc2)C1. The van der Waals surface area contributed by atoms with Crippen LogP contribution in [0.15, 0.2) is 30.3 Å². The topological polar surface area (TPSA) is 49.8 Å². The maximum atomic E-state index is 14.2. The molecule has 1 amide bonds. The summed E-state index contributed by atoms with van der Waals surface area (Å²) in [5.74, 6) is -0.347. The number of halogens is 1. The fourth-order valence-electron chi connectivity index (χ4n) is 2.57. The lowest BCUT2D eigenvalue weighted by Gasteiger charge is -2.37. The van der Waals surface area contributed by atoms with Crippen molar-refractivity contribution in [2.75, 3.05) is 19.7 Å². The molecule has 0 unspecified atom stereocenters. The molecule has 2 rings (SSSR count). The first-order valence-electron chi connectivity index (χ1n) is 7.28. The molecule has 0 aromatic heterocycles. The Bertz CT molecular complexity index is 464. The van der Waals surface area contributed by atoms with E-state index in [4.69, 9.17) is 9.84 Å². The molecule has 1 aromatic carbocycles. The van der Waals surface area contributed by atoms with Gasteiger partial charge in [-0.3, -0.25) is 0 Å². The van der Waals surface area contributed by atoms with E-state index in [1.165, 1.54) is 11.8 Å². The van der Waals surface area contributed by atoms with Gasteiger partial charge >= 0.3 is 6.09 Å². The number of likely N-dealkylation sites (tertiary alicyclic amines) is 1. The molecule has 21 heavy (non-hydrogen) atoms. The largest absolute Gasteiger partial charge is 0.445 e. The van der Waals surface area contributed by atoms with E-state index in [0.717, 1.165) is 12.0 Å². The number of hydrogen-bond donors (Lipinski definition) is 1. The van der Waals surface area contributed by atoms with E-state index in [1.807, 2.05) is 30.3 Å². The molecule has 0 aliphatic carbocycles. The number of benzene rings is 1. The molecule has 1 aliphatic heterocycles. The number of amides is 1. The predicted octanol–water partition coefficient (Wildman–Crippen LogP) is 2.76. The predicted molar refractivity (Wildman–Crippen MR) is 77.5 cm³/mol. The third kappa shape index (κ3) is 4.17. The van der Waals surface area contributed by atoms with Gasteiger partial charge in [-0.1, -0.05) is 30.3 Å². The fourth-order valence-corrected chi connectivity index (χ4v) is 2.57. The molecule has 5 heteroatoms. The third-order valence-electron chi connectivity index (χ3n) is 4.05. The van der Waals surface area contributed by atoms with Gasteiger partial charge in [0.1, 0.15) is 12.3 Å². The second-order valence-electron chi connectivity index (χ2n) is 5.76. The quantitative estimate of drug-likeness (QED) is 0.929. The standard InChI is InChI=1S/C16H22FNO3/c1-16(17,12-19)14-8-5-9-18(10-14)15(20)21-11-13-6-3-2-4-7-13/h2-4,6-7,14,19H,5,8-12H2,1H3/t14-,16-/m0/s1. The molecule has 1 aromatic rings. The second kappa shape index (κ2) is 6.89. The monoisotopic (exact) mass is 295 g/mol. The van der Waals surface area contributed by atoms with Crippen molar-refractivity contribution in [2.24, 2.45) is 5.92 Å². The van der Waals surface area contributed by atoms with Gasteiger partial charge in [0.25, 0.3) is 0 Å². The van der Waals surface area contributed by atoms with Gasteiger partial charge in [-0.25, -0.2) is 9.18 Å². The van der Waals surface area contributed by atoms with Crippen molar-refractivity contribution in [3.05, 3.63) is 35.9 Å². The van der Waals surface area contributed by atoms with Crippen molar-refractivity contribution in [2.45, 2.75) is 32.0 Å². The Kier molecular flexibility index (Phi) is 5.17. The van der Waals surface area contributed by atoms with E-state index in [9.17, 15) is 9.18 Å². The van der Waals surface area contributed by atoms with Crippen LogP contribution < -0.4 is 0 Å². The maximum absolute atomic E-state index is 14.2. The van der Waals surface area contributed by atoms with E-state index < -0.39 is 18.4 Å². The van der Waals surface area contributed by atoms with Gasteiger partial charge in [0.15, 0.2) is 0 Å². The van der Waals surface area contributed by atoms with Gasteiger partial charge in [0.05, 0.1) is 6.61 Å². The van der Waals surface area contributed by atoms with E-state index >= 15 is 0 Å². The lowest BCUT2D eigenvalue weighted by atomic mass is 9.85. The first kappa shape index (κ1) is 15.8. The van der Waals surface area contributed by atoms with Crippen LogP contribution in [0.1, 0.15) is 25.3 Å². The highest BCUT2D eigenvalue weighted by Gasteiger charge is 2.38. The smallest absolute Gasteiger partial charge is 0.410 e. The van der Waals surface area contributed by atoms with Gasteiger partial charge < -0.3 is 14.7 Å². The van der Waals surface area contributed by atoms with Crippen LogP contribution in [0.25, 0.3) is 0 Å². The van der Waals surface area contributed by atoms with Gasteiger partial charge in [0.2, 0.25) is 0 Å². The average Bonchev–Trinajstić information content (AvgIpc) is 2.53. The minimum absolute atomic E-state index is 0.216. The van der Waals surface area contributed by atoms with E-state index in [1.54, 1.807) is 0 Å². The number of aliphatic hydroxyl groups is 1. The zero-order chi connectivity index (χ0) is 15.3. The van der Waals surface area contributed by atoms with Gasteiger partial charge in [-0.2, -0.15) is 0 Å². The summed E-state index contributed by atoms with van der Waals surface area (Å²) in [6, 6.07) is 9.44. The highest BCUT2D eigenvalue weighted by atomic mass is 19.1. The molecule has 1 heterocycles. The Morgan fingerprint density at radius 1 is 1.48 bits per heavy atom. The number of aliphatic hydroxyl groups excluding tert-OH is 1. The number of rotatable bonds is 4. The first-order valence-corrected chi connectivity index (χ1v) is 7.28. The Labute approximate surface area is 124 Å². The number of piperidine rings is 1. The third-order valence-corrected chi connectivity index (χ3v) is 4.05. The Balaban J connectivity index is 1.87. The van der Waals surface area contributed by atoms with Gasteiger partial charge in [0, 0.05) is 19.0 Å². The summed E-state index contributed by atoms with van der Waals surface area (Å²) in [6.07, 6.45) is 0.984. The van der Waals surface area contributed by atoms with Gasteiger partial charge in [-0.15, -0.1) is 0 Å². The van der Waals surface area contributed by atoms with Crippen LogP contribution in [0.3, 0.4) is 0 Å². The van der Waals surface area contributed by atoms with Crippen molar-refractivity contribution in [1.29, 1.82) is 0 Å². The first-order chi connectivity index (χ1) is 10.0. The number of carbonyl (C=O) groups excluding carboxylic acids is 1.